The number of methoxy groups -OCH3 is 2. The number of aromatic amines is 1. The molecule has 0 spiro atoms. The number of hydrogen-bond acceptors (Lipinski definition) is 4. The average molecular weight is 373 g/mol. The number of nitrogens with one attached hydrogen (secondary N) is 2. The number of piperidine rings is 1. The minimum absolute atomic E-state index is 0.0161. The molecule has 1 saturated heterocycles. The number of H-pyrrole nitrogens is 1. The number of carbonyl (C=O) groups excluding carboxylic acids is 2. The molecule has 2 heterocycles. The highest BCUT2D eigenvalue weighted by Crippen LogP contribution is 2.24. The van der Waals surface area contributed by atoms with Gasteiger partial charge in [0, 0.05) is 43.8 Å². The van der Waals surface area contributed by atoms with Crippen LogP contribution in [-0.2, 0) is 20.7 Å². The maximum absolute atomic E-state index is 12.5. The second-order valence-corrected chi connectivity index (χ2v) is 6.88. The second kappa shape index (κ2) is 8.90. The summed E-state index contributed by atoms with van der Waals surface area (Å²) >= 11 is 0. The van der Waals surface area contributed by atoms with Crippen LogP contribution in [0.4, 0.5) is 0 Å². The summed E-state index contributed by atoms with van der Waals surface area (Å²) in [4.78, 5) is 29.4. The standard InChI is InChI=1S/C20H27N3O4/c1-26-13-19(24)23-9-3-4-15(12-23)20(25)21-8-7-14-11-22-18-6-5-16(27-2)10-17(14)18/h5-6,10-11,15,22H,3-4,7-9,12-13H2,1-2H3,(H,21,25). The molecule has 2 amide bonds. The highest BCUT2D eigenvalue weighted by Gasteiger charge is 2.28. The van der Waals surface area contributed by atoms with Crippen molar-refractivity contribution >= 4 is 22.7 Å². The van der Waals surface area contributed by atoms with Gasteiger partial charge in [0.2, 0.25) is 11.8 Å². The van der Waals surface area contributed by atoms with Crippen LogP contribution in [0.1, 0.15) is 18.4 Å². The molecule has 3 rings (SSSR count). The molecule has 1 fully saturated rings. The van der Waals surface area contributed by atoms with Crippen molar-refractivity contribution in [2.75, 3.05) is 40.5 Å². The minimum Gasteiger partial charge on any atom is -0.497 e. The van der Waals surface area contributed by atoms with Crippen LogP contribution >= 0.6 is 0 Å². The van der Waals surface area contributed by atoms with Crippen LogP contribution < -0.4 is 10.1 Å². The monoisotopic (exact) mass is 373 g/mol. The van der Waals surface area contributed by atoms with Gasteiger partial charge in [-0.15, -0.1) is 0 Å². The molecule has 1 aliphatic heterocycles. The fourth-order valence-electron chi connectivity index (χ4n) is 3.59. The maximum Gasteiger partial charge on any atom is 0.248 e. The van der Waals surface area contributed by atoms with Crippen molar-refractivity contribution in [2.24, 2.45) is 5.92 Å². The van der Waals surface area contributed by atoms with E-state index in [1.807, 2.05) is 24.4 Å². The number of carbonyl (C=O) groups is 2. The van der Waals surface area contributed by atoms with Crippen LogP contribution in [0.15, 0.2) is 24.4 Å². The van der Waals surface area contributed by atoms with Gasteiger partial charge in [-0.2, -0.15) is 0 Å². The molecule has 7 nitrogen and oxygen atoms in total. The number of fused-ring (bicyclic) bond motifs is 1. The van der Waals surface area contributed by atoms with E-state index in [1.165, 1.54) is 7.11 Å². The summed E-state index contributed by atoms with van der Waals surface area (Å²) in [6, 6.07) is 5.91. The third-order valence-corrected chi connectivity index (χ3v) is 5.08. The summed E-state index contributed by atoms with van der Waals surface area (Å²) in [6.07, 6.45) is 4.36. The fourth-order valence-corrected chi connectivity index (χ4v) is 3.59. The van der Waals surface area contributed by atoms with E-state index in [0.717, 1.165) is 41.5 Å². The SMILES string of the molecule is COCC(=O)N1CCCC(C(=O)NCCc2c[nH]c3ccc(OC)cc23)C1. The highest BCUT2D eigenvalue weighted by molar-refractivity contribution is 5.85. The summed E-state index contributed by atoms with van der Waals surface area (Å²) in [5.74, 6) is 0.628. The Morgan fingerprint density at radius 3 is 2.96 bits per heavy atom. The van der Waals surface area contributed by atoms with Crippen molar-refractivity contribution in [1.82, 2.24) is 15.2 Å². The first-order chi connectivity index (χ1) is 13.1. The molecule has 1 atom stereocenters. The van der Waals surface area contributed by atoms with Crippen LogP contribution in [-0.4, -0.2) is 62.2 Å². The first kappa shape index (κ1) is 19.2. The van der Waals surface area contributed by atoms with Gasteiger partial charge in [-0.1, -0.05) is 0 Å². The van der Waals surface area contributed by atoms with Crippen LogP contribution in [0.5, 0.6) is 5.75 Å². The molecule has 0 saturated carbocycles. The number of hydrogen-bond donors (Lipinski definition) is 2. The molecule has 0 bridgehead atoms. The zero-order valence-corrected chi connectivity index (χ0v) is 15.9. The van der Waals surface area contributed by atoms with Gasteiger partial charge in [-0.3, -0.25) is 9.59 Å². The molecular formula is C20H27N3O4. The molecule has 146 valence electrons. The molecule has 0 radical (unpaired) electrons. The van der Waals surface area contributed by atoms with Gasteiger partial charge in [0.25, 0.3) is 0 Å². The number of benzene rings is 1. The number of nitrogens with zero attached hydrogens (tertiary/aromatic N) is 1. The fraction of sp³-hybridized carbons (Fsp3) is 0.500. The van der Waals surface area contributed by atoms with Crippen molar-refractivity contribution in [3.05, 3.63) is 30.0 Å². The molecule has 1 aromatic carbocycles. The Kier molecular flexibility index (Phi) is 6.34. The Morgan fingerprint density at radius 2 is 2.19 bits per heavy atom. The van der Waals surface area contributed by atoms with E-state index in [-0.39, 0.29) is 24.3 Å². The van der Waals surface area contributed by atoms with Gasteiger partial charge in [0.15, 0.2) is 0 Å². The van der Waals surface area contributed by atoms with Gasteiger partial charge in [0.1, 0.15) is 12.4 Å². The van der Waals surface area contributed by atoms with Gasteiger partial charge >= 0.3 is 0 Å². The Hall–Kier alpha value is -2.54. The first-order valence-electron chi connectivity index (χ1n) is 9.30. The predicted molar refractivity (Wildman–Crippen MR) is 103 cm³/mol. The van der Waals surface area contributed by atoms with Crippen molar-refractivity contribution < 1.29 is 19.1 Å². The molecule has 1 aromatic heterocycles. The molecule has 1 aliphatic rings. The van der Waals surface area contributed by atoms with Crippen molar-refractivity contribution in [1.29, 1.82) is 0 Å². The van der Waals surface area contributed by atoms with Crippen molar-refractivity contribution in [3.63, 3.8) is 0 Å². The maximum atomic E-state index is 12.5. The Morgan fingerprint density at radius 1 is 1.33 bits per heavy atom. The summed E-state index contributed by atoms with van der Waals surface area (Å²) in [5.41, 5.74) is 2.20. The van der Waals surface area contributed by atoms with Gasteiger partial charge < -0.3 is 24.7 Å². The highest BCUT2D eigenvalue weighted by atomic mass is 16.5. The number of amides is 2. The van der Waals surface area contributed by atoms with Gasteiger partial charge in [-0.05, 0) is 43.0 Å². The van der Waals surface area contributed by atoms with E-state index in [9.17, 15) is 9.59 Å². The number of ether oxygens (including phenoxy) is 2. The Balaban J connectivity index is 1.53. The van der Waals surface area contributed by atoms with E-state index in [4.69, 9.17) is 9.47 Å². The van der Waals surface area contributed by atoms with E-state index in [1.54, 1.807) is 12.0 Å². The van der Waals surface area contributed by atoms with Crippen molar-refractivity contribution in [3.8, 4) is 5.75 Å². The lowest BCUT2D eigenvalue weighted by molar-refractivity contribution is -0.138. The summed E-state index contributed by atoms with van der Waals surface area (Å²) < 4.78 is 10.2. The summed E-state index contributed by atoms with van der Waals surface area (Å²) in [7, 11) is 3.16. The summed E-state index contributed by atoms with van der Waals surface area (Å²) in [5, 5.41) is 4.13. The lowest BCUT2D eigenvalue weighted by Gasteiger charge is -2.31. The molecular weight excluding hydrogens is 346 g/mol. The zero-order chi connectivity index (χ0) is 19.2. The lowest BCUT2D eigenvalue weighted by atomic mass is 9.97. The molecule has 2 aromatic rings. The largest absolute Gasteiger partial charge is 0.497 e. The predicted octanol–water partition coefficient (Wildman–Crippen LogP) is 1.72. The molecule has 2 N–H and O–H groups in total. The number of rotatable bonds is 7. The topological polar surface area (TPSA) is 83.7 Å². The number of aromatic nitrogens is 1. The molecule has 27 heavy (non-hydrogen) atoms. The third-order valence-electron chi connectivity index (χ3n) is 5.08. The molecule has 7 heteroatoms. The van der Waals surface area contributed by atoms with E-state index in [0.29, 0.717) is 19.6 Å². The van der Waals surface area contributed by atoms with Crippen molar-refractivity contribution in [2.45, 2.75) is 19.3 Å². The van der Waals surface area contributed by atoms with Gasteiger partial charge in [0.05, 0.1) is 13.0 Å². The zero-order valence-electron chi connectivity index (χ0n) is 15.9. The smallest absolute Gasteiger partial charge is 0.248 e. The normalized spacial score (nSPS) is 17.1. The molecule has 0 aliphatic carbocycles. The van der Waals surface area contributed by atoms with E-state index < -0.39 is 0 Å². The summed E-state index contributed by atoms with van der Waals surface area (Å²) in [6.45, 7) is 1.80. The Labute approximate surface area is 159 Å². The lowest BCUT2D eigenvalue weighted by Crippen LogP contribution is -2.46. The Bertz CT molecular complexity index is 802. The van der Waals surface area contributed by atoms with Crippen LogP contribution in [0, 0.1) is 5.92 Å². The first-order valence-corrected chi connectivity index (χ1v) is 9.30. The van der Waals surface area contributed by atoms with E-state index in [2.05, 4.69) is 10.3 Å². The van der Waals surface area contributed by atoms with Crippen LogP contribution in [0.2, 0.25) is 0 Å². The quantitative estimate of drug-likeness (QED) is 0.774. The third kappa shape index (κ3) is 4.60. The van der Waals surface area contributed by atoms with Gasteiger partial charge in [-0.25, -0.2) is 0 Å². The number of likely N-dealkylation sites (tertiary alicyclic amines) is 1. The average Bonchev–Trinajstić information content (AvgIpc) is 3.10. The van der Waals surface area contributed by atoms with E-state index >= 15 is 0 Å². The molecule has 1 unspecified atom stereocenters. The van der Waals surface area contributed by atoms with Crippen LogP contribution in [0.25, 0.3) is 10.9 Å². The minimum atomic E-state index is -0.150. The van der Waals surface area contributed by atoms with Crippen LogP contribution in [0.3, 0.4) is 0 Å². The second-order valence-electron chi connectivity index (χ2n) is 6.88.